The Hall–Kier alpha value is -2.93. The number of fused-ring (bicyclic) bond motifs is 1. The summed E-state index contributed by atoms with van der Waals surface area (Å²) in [6, 6.07) is 12.2. The Morgan fingerprint density at radius 2 is 2.00 bits per heavy atom. The van der Waals surface area contributed by atoms with E-state index in [1.807, 2.05) is 24.3 Å². The number of carbonyl (C=O) groups is 1. The molecule has 25 heavy (non-hydrogen) atoms. The Morgan fingerprint density at radius 3 is 2.72 bits per heavy atom. The highest BCUT2D eigenvalue weighted by atomic mass is 32.1. The van der Waals surface area contributed by atoms with Crippen LogP contribution in [0.4, 0.5) is 5.69 Å². The summed E-state index contributed by atoms with van der Waals surface area (Å²) in [4.78, 5) is 16.1. The highest BCUT2D eigenvalue weighted by molar-refractivity contribution is 7.80. The van der Waals surface area contributed by atoms with Crippen molar-refractivity contribution in [2.45, 2.75) is 13.8 Å². The molecule has 0 atom stereocenters. The van der Waals surface area contributed by atoms with Gasteiger partial charge in [0.15, 0.2) is 10.7 Å². The molecular formula is C18H17N3O3S. The molecular weight excluding hydrogens is 338 g/mol. The average molecular weight is 355 g/mol. The molecule has 3 rings (SSSR count). The van der Waals surface area contributed by atoms with Crippen molar-refractivity contribution < 1.29 is 14.3 Å². The number of para-hydroxylation sites is 2. The van der Waals surface area contributed by atoms with Crippen LogP contribution in [0.15, 0.2) is 46.9 Å². The van der Waals surface area contributed by atoms with E-state index < -0.39 is 0 Å². The number of aromatic hydroxyl groups is 1. The van der Waals surface area contributed by atoms with Gasteiger partial charge >= 0.3 is 0 Å². The number of amides is 1. The molecule has 7 heteroatoms. The molecule has 3 aromatic rings. The third-order valence-corrected chi connectivity index (χ3v) is 3.74. The number of aromatic nitrogens is 1. The van der Waals surface area contributed by atoms with E-state index in [-0.39, 0.29) is 22.7 Å². The van der Waals surface area contributed by atoms with E-state index in [0.29, 0.717) is 28.2 Å². The van der Waals surface area contributed by atoms with Crippen LogP contribution in [-0.2, 0) is 4.79 Å². The Morgan fingerprint density at radius 1 is 1.24 bits per heavy atom. The van der Waals surface area contributed by atoms with Gasteiger partial charge in [-0.25, -0.2) is 4.98 Å². The Balaban J connectivity index is 1.85. The van der Waals surface area contributed by atoms with Crippen LogP contribution in [0.25, 0.3) is 22.6 Å². The normalized spacial score (nSPS) is 10.8. The lowest BCUT2D eigenvalue weighted by atomic mass is 10.1. The van der Waals surface area contributed by atoms with Crippen molar-refractivity contribution in [2.24, 2.45) is 5.92 Å². The number of nitrogens with one attached hydrogen (secondary N) is 2. The van der Waals surface area contributed by atoms with Gasteiger partial charge in [-0.3, -0.25) is 4.79 Å². The van der Waals surface area contributed by atoms with Crippen molar-refractivity contribution in [3.05, 3.63) is 42.5 Å². The second kappa shape index (κ2) is 6.90. The van der Waals surface area contributed by atoms with Crippen molar-refractivity contribution in [2.75, 3.05) is 5.32 Å². The lowest BCUT2D eigenvalue weighted by Crippen LogP contribution is -2.36. The van der Waals surface area contributed by atoms with Gasteiger partial charge in [0.05, 0.1) is 5.56 Å². The predicted octanol–water partition coefficient (Wildman–Crippen LogP) is 3.67. The SMILES string of the molecule is CC(C)C(=O)NC(=S)Nc1ccc(O)c(-c2nc3ccccc3o2)c1. The molecule has 0 spiro atoms. The summed E-state index contributed by atoms with van der Waals surface area (Å²) in [5, 5.41) is 15.8. The maximum absolute atomic E-state index is 11.7. The monoisotopic (exact) mass is 355 g/mol. The topological polar surface area (TPSA) is 87.4 Å². The van der Waals surface area contributed by atoms with Gasteiger partial charge in [-0.1, -0.05) is 26.0 Å². The van der Waals surface area contributed by atoms with Crippen LogP contribution >= 0.6 is 12.2 Å². The number of anilines is 1. The van der Waals surface area contributed by atoms with E-state index in [9.17, 15) is 9.90 Å². The molecule has 0 fully saturated rings. The molecule has 3 N–H and O–H groups in total. The summed E-state index contributed by atoms with van der Waals surface area (Å²) < 4.78 is 5.69. The fourth-order valence-electron chi connectivity index (χ4n) is 2.19. The summed E-state index contributed by atoms with van der Waals surface area (Å²) in [6.07, 6.45) is 0. The molecule has 0 bridgehead atoms. The number of carbonyl (C=O) groups excluding carboxylic acids is 1. The number of benzene rings is 2. The number of phenols is 1. The lowest BCUT2D eigenvalue weighted by Gasteiger charge is -2.12. The molecule has 1 heterocycles. The first kappa shape index (κ1) is 16.9. The molecule has 1 aromatic heterocycles. The van der Waals surface area contributed by atoms with Crippen molar-refractivity contribution in [1.82, 2.24) is 10.3 Å². The van der Waals surface area contributed by atoms with Crippen molar-refractivity contribution in [3.8, 4) is 17.2 Å². The standard InChI is InChI=1S/C18H17N3O3S/c1-10(2)16(23)21-18(25)19-11-7-8-14(22)12(9-11)17-20-13-5-3-4-6-15(13)24-17/h3-10,22H,1-2H3,(H2,19,21,23,25). The molecule has 1 amide bonds. The number of nitrogens with zero attached hydrogens (tertiary/aromatic N) is 1. The maximum Gasteiger partial charge on any atom is 0.231 e. The summed E-state index contributed by atoms with van der Waals surface area (Å²) >= 11 is 5.13. The highest BCUT2D eigenvalue weighted by Gasteiger charge is 2.14. The van der Waals surface area contributed by atoms with Gasteiger partial charge in [0.1, 0.15) is 11.3 Å². The molecule has 0 aliphatic rings. The zero-order chi connectivity index (χ0) is 18.0. The fraction of sp³-hybridized carbons (Fsp3) is 0.167. The van der Waals surface area contributed by atoms with E-state index >= 15 is 0 Å². The molecule has 0 saturated heterocycles. The third kappa shape index (κ3) is 3.77. The molecule has 6 nitrogen and oxygen atoms in total. The molecule has 2 aromatic carbocycles. The van der Waals surface area contributed by atoms with Crippen LogP contribution in [0.3, 0.4) is 0 Å². The molecule has 128 valence electrons. The summed E-state index contributed by atoms with van der Waals surface area (Å²) in [7, 11) is 0. The smallest absolute Gasteiger partial charge is 0.231 e. The molecule has 0 radical (unpaired) electrons. The van der Waals surface area contributed by atoms with Crippen molar-refractivity contribution in [1.29, 1.82) is 0 Å². The second-order valence-corrected chi connectivity index (χ2v) is 6.22. The molecule has 0 saturated carbocycles. The van der Waals surface area contributed by atoms with Crippen LogP contribution < -0.4 is 10.6 Å². The fourth-order valence-corrected chi connectivity index (χ4v) is 2.41. The average Bonchev–Trinajstić information content (AvgIpc) is 3.00. The van der Waals surface area contributed by atoms with E-state index in [1.54, 1.807) is 26.0 Å². The van der Waals surface area contributed by atoms with E-state index in [1.165, 1.54) is 6.07 Å². The summed E-state index contributed by atoms with van der Waals surface area (Å²) in [6.45, 7) is 3.56. The lowest BCUT2D eigenvalue weighted by molar-refractivity contribution is -0.122. The second-order valence-electron chi connectivity index (χ2n) is 5.82. The number of rotatable bonds is 3. The minimum absolute atomic E-state index is 0.0363. The maximum atomic E-state index is 11.7. The largest absolute Gasteiger partial charge is 0.507 e. The number of hydrogen-bond donors (Lipinski definition) is 3. The van der Waals surface area contributed by atoms with Gasteiger partial charge in [-0.05, 0) is 42.5 Å². The quantitative estimate of drug-likeness (QED) is 0.491. The molecule has 0 unspecified atom stereocenters. The predicted molar refractivity (Wildman–Crippen MR) is 100 cm³/mol. The van der Waals surface area contributed by atoms with Crippen LogP contribution in [0.2, 0.25) is 0 Å². The Kier molecular flexibility index (Phi) is 4.67. The first-order chi connectivity index (χ1) is 11.9. The molecule has 0 aliphatic carbocycles. The first-order valence-corrected chi connectivity index (χ1v) is 8.15. The summed E-state index contributed by atoms with van der Waals surface area (Å²) in [5.41, 5.74) is 2.37. The zero-order valence-corrected chi connectivity index (χ0v) is 14.6. The number of phenolic OH excluding ortho intramolecular Hbond substituents is 1. The third-order valence-electron chi connectivity index (χ3n) is 3.54. The molecule has 0 aliphatic heterocycles. The van der Waals surface area contributed by atoms with Crippen molar-refractivity contribution in [3.63, 3.8) is 0 Å². The van der Waals surface area contributed by atoms with Gasteiger partial charge < -0.3 is 20.2 Å². The van der Waals surface area contributed by atoms with Gasteiger partial charge in [0.2, 0.25) is 11.8 Å². The minimum atomic E-state index is -0.171. The number of thiocarbonyl (C=S) groups is 1. The Labute approximate surface area is 149 Å². The van der Waals surface area contributed by atoms with Crippen molar-refractivity contribution >= 4 is 40.0 Å². The van der Waals surface area contributed by atoms with Crippen LogP contribution in [0.1, 0.15) is 13.8 Å². The Bertz CT molecular complexity index is 917. The van der Waals surface area contributed by atoms with Crippen LogP contribution in [0.5, 0.6) is 5.75 Å². The number of oxazole rings is 1. The highest BCUT2D eigenvalue weighted by Crippen LogP contribution is 2.33. The van der Waals surface area contributed by atoms with E-state index in [2.05, 4.69) is 15.6 Å². The van der Waals surface area contributed by atoms with E-state index in [0.717, 1.165) is 0 Å². The van der Waals surface area contributed by atoms with Gasteiger partial charge in [0, 0.05) is 11.6 Å². The van der Waals surface area contributed by atoms with Gasteiger partial charge in [-0.2, -0.15) is 0 Å². The number of hydrogen-bond acceptors (Lipinski definition) is 5. The summed E-state index contributed by atoms with van der Waals surface area (Å²) in [5.74, 6) is -0.000875. The zero-order valence-electron chi connectivity index (χ0n) is 13.7. The van der Waals surface area contributed by atoms with Gasteiger partial charge in [0.25, 0.3) is 0 Å². The van der Waals surface area contributed by atoms with E-state index in [4.69, 9.17) is 16.6 Å². The minimum Gasteiger partial charge on any atom is -0.507 e. The van der Waals surface area contributed by atoms with Crippen LogP contribution in [-0.4, -0.2) is 21.1 Å². The first-order valence-electron chi connectivity index (χ1n) is 7.75. The van der Waals surface area contributed by atoms with Gasteiger partial charge in [-0.15, -0.1) is 0 Å². The van der Waals surface area contributed by atoms with Crippen LogP contribution in [0, 0.1) is 5.92 Å².